The highest BCUT2D eigenvalue weighted by molar-refractivity contribution is 7.45. The van der Waals surface area contributed by atoms with Crippen LogP contribution >= 0.6 is 7.82 Å². The van der Waals surface area contributed by atoms with Crippen LogP contribution < -0.4 is 11.1 Å². The number of ether oxygens (including phenoxy) is 2. The van der Waals surface area contributed by atoms with Crippen LogP contribution in [0.15, 0.2) is 11.6 Å². The summed E-state index contributed by atoms with van der Waals surface area (Å²) in [6.45, 7) is 2.40. The van der Waals surface area contributed by atoms with Gasteiger partial charge in [0.2, 0.25) is 5.91 Å². The Labute approximate surface area is 193 Å². The third-order valence-corrected chi connectivity index (χ3v) is 4.15. The second-order valence-corrected chi connectivity index (χ2v) is 8.08. The van der Waals surface area contributed by atoms with Gasteiger partial charge in [0.15, 0.2) is 12.2 Å². The van der Waals surface area contributed by atoms with E-state index in [2.05, 4.69) is 5.32 Å². The number of hydrogen-bond donors (Lipinski definition) is 7. The normalized spacial score (nSPS) is 23.7. The van der Waals surface area contributed by atoms with Crippen LogP contribution in [0.3, 0.4) is 0 Å². The number of alkyl halides is 6. The molecule has 12 nitrogen and oxygen atoms in total. The van der Waals surface area contributed by atoms with E-state index in [1.54, 1.807) is 0 Å². The Morgan fingerprint density at radius 1 is 1.14 bits per heavy atom. The fraction of sp³-hybridized carbons (Fsp3) is 0.750. The van der Waals surface area contributed by atoms with Crippen molar-refractivity contribution in [2.45, 2.75) is 69.1 Å². The van der Waals surface area contributed by atoms with Crippen LogP contribution in [0.1, 0.15) is 20.3 Å². The van der Waals surface area contributed by atoms with E-state index in [1.165, 1.54) is 6.92 Å². The Morgan fingerprint density at radius 2 is 1.57 bits per heavy atom. The molecule has 0 aromatic rings. The predicted octanol–water partition coefficient (Wildman–Crippen LogP) is -0.617. The number of rotatable bonds is 7. The Bertz CT molecular complexity index is 774. The molecule has 1 rings (SSSR count). The molecule has 8 N–H and O–H groups in total. The second kappa shape index (κ2) is 13.0. The van der Waals surface area contributed by atoms with Gasteiger partial charge >= 0.3 is 26.1 Å². The monoisotopic (exact) mass is 550 g/mol. The zero-order valence-corrected chi connectivity index (χ0v) is 18.9. The van der Waals surface area contributed by atoms with E-state index in [9.17, 15) is 46.1 Å². The standard InChI is InChI=1S/C16H22F6N2O6.H3O4P/c1-3-29-14(28)7-4-8(23)10(24-6(2)25)9(5-7)30-11(12(26)15(17,18)19)13(27)16(20,21)22;1-5(2,3)4/h5,8-13,26-27H,3-4,23H2,1-2H3,(H,24,25);(H3,1,2,3,4)/t8-,9+,10+,11?,12?,13?;/m0./s1. The van der Waals surface area contributed by atoms with E-state index >= 15 is 0 Å². The molecule has 0 bridgehead atoms. The molecule has 0 saturated heterocycles. The highest BCUT2D eigenvalue weighted by atomic mass is 31.2. The van der Waals surface area contributed by atoms with Crippen molar-refractivity contribution >= 4 is 19.7 Å². The average Bonchev–Trinajstić information content (AvgIpc) is 2.64. The molecule has 0 fully saturated rings. The van der Waals surface area contributed by atoms with Crippen molar-refractivity contribution in [2.24, 2.45) is 5.73 Å². The number of phosphoric acid groups is 1. The van der Waals surface area contributed by atoms with Gasteiger partial charge in [-0.15, -0.1) is 0 Å². The highest BCUT2D eigenvalue weighted by Gasteiger charge is 2.55. The lowest BCUT2D eigenvalue weighted by Crippen LogP contribution is -2.60. The Balaban J connectivity index is 0.00000209. The first-order valence-electron chi connectivity index (χ1n) is 9.43. The zero-order valence-electron chi connectivity index (χ0n) is 18.0. The number of carbonyl (C=O) groups excluding carboxylic acids is 2. The first-order chi connectivity index (χ1) is 15.6. The van der Waals surface area contributed by atoms with Crippen LogP contribution in [0.2, 0.25) is 0 Å². The first kappa shape index (κ1) is 33.2. The molecule has 1 aliphatic carbocycles. The number of nitrogens with two attached hydrogens (primary N) is 1. The van der Waals surface area contributed by atoms with Crippen molar-refractivity contribution in [3.8, 4) is 0 Å². The predicted molar refractivity (Wildman–Crippen MR) is 102 cm³/mol. The van der Waals surface area contributed by atoms with Crippen LogP contribution in [0.4, 0.5) is 26.3 Å². The van der Waals surface area contributed by atoms with E-state index in [0.29, 0.717) is 0 Å². The molecule has 0 aromatic carbocycles. The number of esters is 1. The van der Waals surface area contributed by atoms with Crippen molar-refractivity contribution in [1.82, 2.24) is 5.32 Å². The molecule has 0 spiro atoms. The van der Waals surface area contributed by atoms with Crippen LogP contribution in [0.25, 0.3) is 0 Å². The summed E-state index contributed by atoms with van der Waals surface area (Å²) in [5.41, 5.74) is 5.62. The SMILES string of the molecule is CCOC(=O)C1=C[C@@H](OC(C(O)C(F)(F)F)C(O)C(F)(F)F)[C@H](NC(C)=O)[C@@H](N)C1.O=P(O)(O)O. The molecule has 0 aliphatic heterocycles. The summed E-state index contributed by atoms with van der Waals surface area (Å²) in [5, 5.41) is 20.9. The number of amides is 1. The average molecular weight is 550 g/mol. The fourth-order valence-electron chi connectivity index (χ4n) is 2.79. The molecule has 0 aromatic heterocycles. The van der Waals surface area contributed by atoms with Crippen molar-refractivity contribution in [2.75, 3.05) is 6.61 Å². The number of carbonyl (C=O) groups is 2. The first-order valence-corrected chi connectivity index (χ1v) is 11.0. The van der Waals surface area contributed by atoms with Gasteiger partial charge in [0.05, 0.1) is 18.8 Å². The minimum atomic E-state index is -5.58. The van der Waals surface area contributed by atoms with Gasteiger partial charge in [-0.3, -0.25) is 4.79 Å². The van der Waals surface area contributed by atoms with Crippen molar-refractivity contribution in [3.05, 3.63) is 11.6 Å². The van der Waals surface area contributed by atoms with E-state index < -0.39 is 68.6 Å². The Kier molecular flexibility index (Phi) is 12.3. The van der Waals surface area contributed by atoms with Crippen LogP contribution in [-0.2, 0) is 23.6 Å². The van der Waals surface area contributed by atoms with Crippen molar-refractivity contribution in [3.63, 3.8) is 0 Å². The molecule has 206 valence electrons. The summed E-state index contributed by atoms with van der Waals surface area (Å²) in [5.74, 6) is -1.67. The maximum absolute atomic E-state index is 12.9. The molecular formula is C16H25F6N2O10P. The summed E-state index contributed by atoms with van der Waals surface area (Å²) in [7, 11) is -4.64. The quantitative estimate of drug-likeness (QED) is 0.121. The summed E-state index contributed by atoms with van der Waals surface area (Å²) in [4.78, 5) is 44.9. The molecule has 1 amide bonds. The summed E-state index contributed by atoms with van der Waals surface area (Å²) >= 11 is 0. The fourth-order valence-corrected chi connectivity index (χ4v) is 2.79. The minimum absolute atomic E-state index is 0.0751. The van der Waals surface area contributed by atoms with Crippen molar-refractivity contribution < 1.29 is 74.9 Å². The molecular weight excluding hydrogens is 525 g/mol. The molecule has 35 heavy (non-hydrogen) atoms. The van der Waals surface area contributed by atoms with Crippen molar-refractivity contribution in [1.29, 1.82) is 0 Å². The zero-order chi connectivity index (χ0) is 27.9. The van der Waals surface area contributed by atoms with E-state index in [0.717, 1.165) is 13.0 Å². The van der Waals surface area contributed by atoms with Gasteiger partial charge in [-0.2, -0.15) is 26.3 Å². The number of halogens is 6. The molecule has 19 heteroatoms. The van der Waals surface area contributed by atoms with E-state index in [4.69, 9.17) is 34.5 Å². The van der Waals surface area contributed by atoms with Gasteiger partial charge in [-0.25, -0.2) is 9.36 Å². The summed E-state index contributed by atoms with van der Waals surface area (Å²) in [6.07, 6.45) is -23.0. The van der Waals surface area contributed by atoms with Gasteiger partial charge < -0.3 is 45.4 Å². The minimum Gasteiger partial charge on any atom is -0.463 e. The van der Waals surface area contributed by atoms with E-state index in [1.807, 2.05) is 0 Å². The van der Waals surface area contributed by atoms with Crippen LogP contribution in [0, 0.1) is 0 Å². The lowest BCUT2D eigenvalue weighted by Gasteiger charge is -2.39. The molecule has 2 unspecified atom stereocenters. The maximum atomic E-state index is 12.9. The maximum Gasteiger partial charge on any atom is 0.466 e. The summed E-state index contributed by atoms with van der Waals surface area (Å²) in [6, 6.07) is -2.51. The summed E-state index contributed by atoms with van der Waals surface area (Å²) < 4.78 is 95.8. The largest absolute Gasteiger partial charge is 0.466 e. The number of hydrogen-bond acceptors (Lipinski definition) is 8. The van der Waals surface area contributed by atoms with Gasteiger partial charge in [0.1, 0.15) is 6.10 Å². The lowest BCUT2D eigenvalue weighted by molar-refractivity contribution is -0.296. The van der Waals surface area contributed by atoms with Crippen LogP contribution in [0.5, 0.6) is 0 Å². The number of nitrogens with one attached hydrogen (secondary N) is 1. The molecule has 5 atom stereocenters. The Morgan fingerprint density at radius 3 is 1.91 bits per heavy atom. The van der Waals surface area contributed by atoms with Gasteiger partial charge in [-0.1, -0.05) is 0 Å². The third-order valence-electron chi connectivity index (χ3n) is 4.15. The lowest BCUT2D eigenvalue weighted by atomic mass is 9.88. The Hall–Kier alpha value is -1.79. The number of aliphatic hydroxyl groups excluding tert-OH is 2. The number of aliphatic hydroxyl groups is 2. The third kappa shape index (κ3) is 12.1. The molecule has 0 radical (unpaired) electrons. The smallest absolute Gasteiger partial charge is 0.463 e. The topological polar surface area (TPSA) is 209 Å². The van der Waals surface area contributed by atoms with Gasteiger partial charge in [-0.05, 0) is 19.4 Å². The second-order valence-electron chi connectivity index (χ2n) is 7.06. The molecule has 0 heterocycles. The molecule has 0 saturated carbocycles. The van der Waals surface area contributed by atoms with Gasteiger partial charge in [0.25, 0.3) is 0 Å². The highest BCUT2D eigenvalue weighted by Crippen LogP contribution is 2.34. The molecule has 1 aliphatic rings. The van der Waals surface area contributed by atoms with Crippen LogP contribution in [-0.4, -0.2) is 92.2 Å². The van der Waals surface area contributed by atoms with E-state index in [-0.39, 0.29) is 18.6 Å². The van der Waals surface area contributed by atoms with Gasteiger partial charge in [0, 0.05) is 18.5 Å².